The molecule has 2 aliphatic rings. The molecule has 1 aromatic carbocycles. The number of nitrogens with zero attached hydrogens (tertiary/aromatic N) is 2. The van der Waals surface area contributed by atoms with E-state index in [1.807, 2.05) is 17.0 Å². The normalized spacial score (nSPS) is 21.2. The Labute approximate surface area is 229 Å². The van der Waals surface area contributed by atoms with Gasteiger partial charge in [-0.3, -0.25) is 14.5 Å². The van der Waals surface area contributed by atoms with E-state index < -0.39 is 11.9 Å². The van der Waals surface area contributed by atoms with Gasteiger partial charge in [-0.2, -0.15) is 0 Å². The van der Waals surface area contributed by atoms with E-state index in [2.05, 4.69) is 51.7 Å². The molecule has 3 rings (SSSR count). The molecular formula is C31H49N3O4. The Bertz CT molecular complexity index is 985. The van der Waals surface area contributed by atoms with Crippen LogP contribution in [0, 0.1) is 11.3 Å². The number of carbonyl (C=O) groups excluding carboxylic acids is 1. The molecule has 1 aromatic rings. The third-order valence-corrected chi connectivity index (χ3v) is 7.94. The first kappa shape index (κ1) is 30.2. The topological polar surface area (TPSA) is 96.1 Å². The number of fused-ring (bicyclic) bond motifs is 1. The maximum Gasteiger partial charge on any atom is 0.308 e. The van der Waals surface area contributed by atoms with E-state index in [0.29, 0.717) is 32.7 Å². The lowest BCUT2D eigenvalue weighted by Crippen LogP contribution is -2.46. The van der Waals surface area contributed by atoms with Crippen LogP contribution in [-0.4, -0.2) is 72.2 Å². The van der Waals surface area contributed by atoms with Crippen LogP contribution in [0.1, 0.15) is 83.8 Å². The molecule has 0 saturated carbocycles. The second-order valence-electron chi connectivity index (χ2n) is 12.1. The highest BCUT2D eigenvalue weighted by molar-refractivity contribution is 5.79. The maximum atomic E-state index is 13.6. The Morgan fingerprint density at radius 1 is 1.21 bits per heavy atom. The van der Waals surface area contributed by atoms with E-state index >= 15 is 0 Å². The van der Waals surface area contributed by atoms with Crippen molar-refractivity contribution in [2.45, 2.75) is 85.1 Å². The van der Waals surface area contributed by atoms with Crippen LogP contribution >= 0.6 is 0 Å². The number of amides is 1. The summed E-state index contributed by atoms with van der Waals surface area (Å²) in [6.45, 7) is 14.2. The quantitative estimate of drug-likeness (QED) is 0.266. The van der Waals surface area contributed by atoms with Gasteiger partial charge in [0.2, 0.25) is 5.91 Å². The molecule has 0 aromatic heterocycles. The number of rotatable bonds is 14. The lowest BCUT2D eigenvalue weighted by molar-refractivity contribution is -0.144. The molecule has 0 bridgehead atoms. The van der Waals surface area contributed by atoms with Crippen LogP contribution in [0.4, 0.5) is 0 Å². The predicted molar refractivity (Wildman–Crippen MR) is 152 cm³/mol. The lowest BCUT2D eigenvalue weighted by atomic mass is 9.77. The van der Waals surface area contributed by atoms with Crippen LogP contribution in [0.3, 0.4) is 0 Å². The fourth-order valence-electron chi connectivity index (χ4n) is 6.33. The van der Waals surface area contributed by atoms with Crippen molar-refractivity contribution < 1.29 is 19.4 Å². The van der Waals surface area contributed by atoms with Gasteiger partial charge in [0.05, 0.1) is 19.1 Å². The maximum absolute atomic E-state index is 13.6. The molecule has 0 radical (unpaired) electrons. The molecule has 7 heteroatoms. The van der Waals surface area contributed by atoms with E-state index in [9.17, 15) is 14.7 Å². The summed E-state index contributed by atoms with van der Waals surface area (Å²) in [7, 11) is 0. The van der Waals surface area contributed by atoms with Crippen LogP contribution < -0.4 is 10.5 Å². The van der Waals surface area contributed by atoms with Crippen molar-refractivity contribution in [2.24, 2.45) is 17.1 Å². The number of allylic oxidation sites excluding steroid dienone is 2. The van der Waals surface area contributed by atoms with Gasteiger partial charge in [0.15, 0.2) is 0 Å². The average molecular weight is 528 g/mol. The number of carboxylic acid groups (broad SMARTS) is 1. The molecule has 0 spiro atoms. The first-order valence-electron chi connectivity index (χ1n) is 14.4. The predicted octanol–water partition coefficient (Wildman–Crippen LogP) is 4.84. The molecule has 0 aliphatic carbocycles. The summed E-state index contributed by atoms with van der Waals surface area (Å²) in [5.41, 5.74) is 8.90. The molecule has 3 atom stereocenters. The molecule has 1 saturated heterocycles. The van der Waals surface area contributed by atoms with Gasteiger partial charge in [0.25, 0.3) is 0 Å². The van der Waals surface area contributed by atoms with E-state index in [-0.39, 0.29) is 29.8 Å². The Morgan fingerprint density at radius 3 is 2.61 bits per heavy atom. The standard InChI is InChI=1S/C31H49N3O4/c1-6-7-14-33(15-9-8-13-32)28(35)21-34-20-25(23-10-11-27-24(17-23)12-16-38-27)29(30(36)37)26(34)19-31(4,5)18-22(2)3/h10-11,17-18,25-26,29H,6-9,12-16,19-21,32H2,1-5H3,(H,36,37)/t25-,26+,29?/m1/s1. The summed E-state index contributed by atoms with van der Waals surface area (Å²) in [6.07, 6.45) is 7.52. The number of nitrogens with two attached hydrogens (primary N) is 1. The molecular weight excluding hydrogens is 478 g/mol. The van der Waals surface area contributed by atoms with E-state index in [0.717, 1.165) is 55.5 Å². The van der Waals surface area contributed by atoms with Gasteiger partial charge >= 0.3 is 5.97 Å². The minimum atomic E-state index is -0.787. The monoisotopic (exact) mass is 527 g/mol. The third kappa shape index (κ3) is 7.82. The summed E-state index contributed by atoms with van der Waals surface area (Å²) in [5, 5.41) is 10.5. The average Bonchev–Trinajstić information content (AvgIpc) is 3.44. The zero-order valence-corrected chi connectivity index (χ0v) is 24.2. The van der Waals surface area contributed by atoms with Crippen molar-refractivity contribution in [1.82, 2.24) is 9.80 Å². The summed E-state index contributed by atoms with van der Waals surface area (Å²) in [5.74, 6) is -0.566. The number of carboxylic acids is 1. The summed E-state index contributed by atoms with van der Waals surface area (Å²) in [6, 6.07) is 5.90. The molecule has 1 unspecified atom stereocenters. The number of benzene rings is 1. The zero-order valence-electron chi connectivity index (χ0n) is 24.2. The van der Waals surface area contributed by atoms with Gasteiger partial charge in [0.1, 0.15) is 5.75 Å². The Balaban J connectivity index is 1.92. The molecule has 3 N–H and O–H groups in total. The number of hydrogen-bond donors (Lipinski definition) is 2. The molecule has 212 valence electrons. The van der Waals surface area contributed by atoms with E-state index in [4.69, 9.17) is 10.5 Å². The van der Waals surface area contributed by atoms with Crippen molar-refractivity contribution in [2.75, 3.05) is 39.3 Å². The van der Waals surface area contributed by atoms with Crippen molar-refractivity contribution in [3.8, 4) is 5.75 Å². The smallest absolute Gasteiger partial charge is 0.308 e. The van der Waals surface area contributed by atoms with Crippen LogP contribution in [-0.2, 0) is 16.0 Å². The molecule has 2 aliphatic heterocycles. The van der Waals surface area contributed by atoms with Gasteiger partial charge < -0.3 is 20.5 Å². The van der Waals surface area contributed by atoms with Crippen molar-refractivity contribution >= 4 is 11.9 Å². The fraction of sp³-hybridized carbons (Fsp3) is 0.677. The molecule has 7 nitrogen and oxygen atoms in total. The molecule has 38 heavy (non-hydrogen) atoms. The highest BCUT2D eigenvalue weighted by atomic mass is 16.5. The van der Waals surface area contributed by atoms with Crippen molar-refractivity contribution in [3.05, 3.63) is 41.0 Å². The minimum Gasteiger partial charge on any atom is -0.493 e. The number of ether oxygens (including phenoxy) is 1. The largest absolute Gasteiger partial charge is 0.493 e. The number of hydrogen-bond acceptors (Lipinski definition) is 5. The molecule has 1 amide bonds. The summed E-state index contributed by atoms with van der Waals surface area (Å²) < 4.78 is 5.70. The first-order chi connectivity index (χ1) is 18.1. The zero-order chi connectivity index (χ0) is 27.9. The van der Waals surface area contributed by atoms with Crippen LogP contribution in [0.15, 0.2) is 29.8 Å². The van der Waals surface area contributed by atoms with Crippen molar-refractivity contribution in [1.29, 1.82) is 0 Å². The Kier molecular flexibility index (Phi) is 10.8. The fourth-order valence-corrected chi connectivity index (χ4v) is 6.33. The second-order valence-corrected chi connectivity index (χ2v) is 12.1. The lowest BCUT2D eigenvalue weighted by Gasteiger charge is -2.34. The van der Waals surface area contributed by atoms with E-state index in [1.165, 1.54) is 5.57 Å². The number of aliphatic carboxylic acids is 1. The Hall–Kier alpha value is -2.38. The van der Waals surface area contributed by atoms with Crippen LogP contribution in [0.2, 0.25) is 0 Å². The van der Waals surface area contributed by atoms with Gasteiger partial charge in [-0.25, -0.2) is 0 Å². The van der Waals surface area contributed by atoms with Crippen molar-refractivity contribution in [3.63, 3.8) is 0 Å². The first-order valence-corrected chi connectivity index (χ1v) is 14.4. The minimum absolute atomic E-state index is 0.0904. The van der Waals surface area contributed by atoms with Gasteiger partial charge in [-0.1, -0.05) is 51.0 Å². The van der Waals surface area contributed by atoms with Gasteiger partial charge in [-0.15, -0.1) is 0 Å². The Morgan fingerprint density at radius 2 is 1.95 bits per heavy atom. The highest BCUT2D eigenvalue weighted by Gasteiger charge is 2.48. The van der Waals surface area contributed by atoms with E-state index in [1.54, 1.807) is 0 Å². The van der Waals surface area contributed by atoms with Crippen LogP contribution in [0.25, 0.3) is 0 Å². The second kappa shape index (κ2) is 13.6. The summed E-state index contributed by atoms with van der Waals surface area (Å²) in [4.78, 5) is 30.6. The SMILES string of the molecule is CCCCN(CCCCN)C(=O)CN1C[C@H](c2ccc3c(c2)CCO3)C(C(=O)O)[C@@H]1CC(C)(C)C=C(C)C. The van der Waals surface area contributed by atoms with Crippen LogP contribution in [0.5, 0.6) is 5.75 Å². The third-order valence-electron chi connectivity index (χ3n) is 7.94. The highest BCUT2D eigenvalue weighted by Crippen LogP contribution is 2.44. The van der Waals surface area contributed by atoms with Gasteiger partial charge in [-0.05, 0) is 68.7 Å². The number of likely N-dealkylation sites (tertiary alicyclic amines) is 1. The summed E-state index contributed by atoms with van der Waals surface area (Å²) >= 11 is 0. The molecule has 1 fully saturated rings. The molecule has 2 heterocycles. The number of unbranched alkanes of at least 4 members (excludes halogenated alkanes) is 2. The van der Waals surface area contributed by atoms with Gasteiger partial charge in [0, 0.05) is 38.0 Å². The number of carbonyl (C=O) groups is 2.